The van der Waals surface area contributed by atoms with Gasteiger partial charge in [-0.05, 0) is 37.8 Å². The van der Waals surface area contributed by atoms with Crippen molar-refractivity contribution >= 4 is 35.6 Å². The first-order valence-corrected chi connectivity index (χ1v) is 9.16. The zero-order chi connectivity index (χ0) is 14.8. The molecule has 1 N–H and O–H groups in total. The monoisotopic (exact) mass is 320 g/mol. The molecule has 0 bridgehead atoms. The molecule has 0 atom stereocenters. The number of unbranched alkanes of at least 4 members (excludes halogenated alkanes) is 3. The van der Waals surface area contributed by atoms with Crippen LogP contribution < -0.4 is 5.43 Å². The van der Waals surface area contributed by atoms with Gasteiger partial charge in [-0.25, -0.2) is 5.43 Å². The second kappa shape index (κ2) is 9.68. The molecule has 3 nitrogen and oxygen atoms in total. The van der Waals surface area contributed by atoms with Gasteiger partial charge in [0.15, 0.2) is 0 Å². The zero-order valence-corrected chi connectivity index (χ0v) is 13.6. The summed E-state index contributed by atoms with van der Waals surface area (Å²) in [6.45, 7) is 0. The van der Waals surface area contributed by atoms with Gasteiger partial charge in [0, 0.05) is 27.5 Å². The molecule has 5 heteroatoms. The predicted molar refractivity (Wildman–Crippen MR) is 93.9 cm³/mol. The van der Waals surface area contributed by atoms with Crippen LogP contribution in [0.5, 0.6) is 0 Å². The van der Waals surface area contributed by atoms with E-state index in [4.69, 9.17) is 0 Å². The van der Waals surface area contributed by atoms with Gasteiger partial charge < -0.3 is 0 Å². The van der Waals surface area contributed by atoms with Crippen LogP contribution in [0.1, 0.15) is 36.0 Å². The summed E-state index contributed by atoms with van der Waals surface area (Å²) in [6, 6.07) is 9.12. The highest BCUT2D eigenvalue weighted by atomic mass is 32.2. The van der Waals surface area contributed by atoms with Gasteiger partial charge in [-0.1, -0.05) is 24.3 Å². The highest BCUT2D eigenvalue weighted by Gasteiger charge is 2.06. The van der Waals surface area contributed by atoms with Crippen LogP contribution in [0.3, 0.4) is 0 Å². The van der Waals surface area contributed by atoms with Crippen molar-refractivity contribution < 1.29 is 4.79 Å². The van der Waals surface area contributed by atoms with Crippen LogP contribution in [0.4, 0.5) is 0 Å². The Balaban J connectivity index is 1.54. The molecule has 0 aromatic heterocycles. The van der Waals surface area contributed by atoms with E-state index in [1.54, 1.807) is 18.3 Å². The molecular weight excluding hydrogens is 300 g/mol. The Kier molecular flexibility index (Phi) is 7.46. The molecular formula is C16H20N2OS2. The molecule has 0 unspecified atom stereocenters. The van der Waals surface area contributed by atoms with Gasteiger partial charge in [0.1, 0.15) is 0 Å². The molecule has 0 radical (unpaired) electrons. The van der Waals surface area contributed by atoms with Crippen molar-refractivity contribution in [1.82, 2.24) is 5.43 Å². The van der Waals surface area contributed by atoms with Crippen LogP contribution >= 0.6 is 23.5 Å². The van der Waals surface area contributed by atoms with Crippen LogP contribution in [0, 0.1) is 0 Å². The van der Waals surface area contributed by atoms with E-state index >= 15 is 0 Å². The minimum absolute atomic E-state index is 0.160. The van der Waals surface area contributed by atoms with Crippen LogP contribution in [-0.2, 0) is 0 Å². The van der Waals surface area contributed by atoms with Crippen molar-refractivity contribution in [2.45, 2.75) is 25.7 Å². The molecule has 112 valence electrons. The number of allylic oxidation sites excluding steroid dienone is 1. The predicted octanol–water partition coefficient (Wildman–Crippen LogP) is 4.28. The minimum Gasteiger partial charge on any atom is -0.267 e. The summed E-state index contributed by atoms with van der Waals surface area (Å²) in [5, 5.41) is 3.97. The summed E-state index contributed by atoms with van der Waals surface area (Å²) >= 11 is 3.93. The number of thioether (sulfide) groups is 2. The maximum absolute atomic E-state index is 11.7. The lowest BCUT2D eigenvalue weighted by Crippen LogP contribution is -2.17. The molecule has 1 saturated heterocycles. The van der Waals surface area contributed by atoms with E-state index in [9.17, 15) is 4.79 Å². The van der Waals surface area contributed by atoms with Crippen molar-refractivity contribution in [3.8, 4) is 0 Å². The summed E-state index contributed by atoms with van der Waals surface area (Å²) in [4.78, 5) is 11.7. The molecule has 21 heavy (non-hydrogen) atoms. The molecule has 1 amide bonds. The molecule has 1 fully saturated rings. The number of carbonyl (C=O) groups excluding carboxylic acids is 1. The number of benzene rings is 1. The van der Waals surface area contributed by atoms with Gasteiger partial charge >= 0.3 is 0 Å². The Morgan fingerprint density at radius 2 is 1.86 bits per heavy atom. The number of nitrogens with one attached hydrogen (secondary N) is 1. The van der Waals surface area contributed by atoms with Crippen molar-refractivity contribution in [3.05, 3.63) is 46.2 Å². The maximum atomic E-state index is 11.7. The smallest absolute Gasteiger partial charge is 0.267 e. The third kappa shape index (κ3) is 6.40. The highest BCUT2D eigenvalue weighted by Crippen LogP contribution is 2.36. The molecule has 0 spiro atoms. The van der Waals surface area contributed by atoms with Crippen LogP contribution in [0.25, 0.3) is 0 Å². The van der Waals surface area contributed by atoms with Crippen molar-refractivity contribution in [1.29, 1.82) is 0 Å². The van der Waals surface area contributed by atoms with Crippen molar-refractivity contribution in [3.63, 3.8) is 0 Å². The van der Waals surface area contributed by atoms with E-state index < -0.39 is 0 Å². The van der Waals surface area contributed by atoms with Gasteiger partial charge in [-0.15, -0.1) is 23.5 Å². The van der Waals surface area contributed by atoms with E-state index in [2.05, 4.69) is 16.6 Å². The van der Waals surface area contributed by atoms with Crippen LogP contribution in [0.2, 0.25) is 0 Å². The number of nitrogens with zero attached hydrogens (tertiary/aromatic N) is 1. The molecule has 1 aromatic carbocycles. The van der Waals surface area contributed by atoms with Gasteiger partial charge in [-0.3, -0.25) is 4.79 Å². The fourth-order valence-electron chi connectivity index (χ4n) is 1.87. The van der Waals surface area contributed by atoms with Gasteiger partial charge in [0.2, 0.25) is 0 Å². The Hall–Kier alpha value is -1.20. The van der Waals surface area contributed by atoms with Gasteiger partial charge in [-0.2, -0.15) is 5.10 Å². The molecule has 1 heterocycles. The van der Waals surface area contributed by atoms with Crippen molar-refractivity contribution in [2.24, 2.45) is 5.10 Å². The van der Waals surface area contributed by atoms with Crippen LogP contribution in [0.15, 0.2) is 45.7 Å². The minimum atomic E-state index is -0.160. The SMILES string of the molecule is O=C(N/N=C/CCCCC=C1SCCS1)c1ccccc1. The Labute approximate surface area is 134 Å². The van der Waals surface area contributed by atoms with E-state index in [-0.39, 0.29) is 5.91 Å². The topological polar surface area (TPSA) is 41.5 Å². The quantitative estimate of drug-likeness (QED) is 0.463. The summed E-state index contributed by atoms with van der Waals surface area (Å²) < 4.78 is 1.48. The number of carbonyl (C=O) groups is 1. The lowest BCUT2D eigenvalue weighted by atomic mass is 10.2. The third-order valence-corrected chi connectivity index (χ3v) is 5.65. The van der Waals surface area contributed by atoms with Crippen molar-refractivity contribution in [2.75, 3.05) is 11.5 Å². The third-order valence-electron chi connectivity index (χ3n) is 2.96. The zero-order valence-electron chi connectivity index (χ0n) is 12.0. The standard InChI is InChI=1S/C16H20N2OS2/c19-16(14-8-4-3-5-9-14)18-17-11-7-2-1-6-10-15-20-12-13-21-15/h3-5,8-11H,1-2,6-7,12-13H2,(H,18,19)/b17-11+. The summed E-state index contributed by atoms with van der Waals surface area (Å²) in [5.74, 6) is 2.35. The van der Waals surface area contributed by atoms with Crippen LogP contribution in [-0.4, -0.2) is 23.6 Å². The fourth-order valence-corrected chi connectivity index (χ4v) is 4.24. The first-order valence-electron chi connectivity index (χ1n) is 7.19. The van der Waals surface area contributed by atoms with Gasteiger partial charge in [0.05, 0.1) is 0 Å². The highest BCUT2D eigenvalue weighted by molar-refractivity contribution is 8.25. The summed E-state index contributed by atoms with van der Waals surface area (Å²) in [6.07, 6.45) is 8.44. The summed E-state index contributed by atoms with van der Waals surface area (Å²) in [7, 11) is 0. The number of hydrogen-bond acceptors (Lipinski definition) is 4. The lowest BCUT2D eigenvalue weighted by molar-refractivity contribution is 0.0955. The molecule has 2 rings (SSSR count). The number of hydrogen-bond donors (Lipinski definition) is 1. The number of amides is 1. The average molecular weight is 320 g/mol. The molecule has 0 aliphatic carbocycles. The van der Waals surface area contributed by atoms with Gasteiger partial charge in [0.25, 0.3) is 5.91 Å². The Morgan fingerprint density at radius 3 is 2.62 bits per heavy atom. The molecule has 1 aliphatic heterocycles. The molecule has 1 aromatic rings. The van der Waals surface area contributed by atoms with E-state index in [0.717, 1.165) is 19.3 Å². The Bertz CT molecular complexity index is 492. The molecule has 0 saturated carbocycles. The van der Waals surface area contributed by atoms with E-state index in [1.807, 2.05) is 41.7 Å². The fraction of sp³-hybridized carbons (Fsp3) is 0.375. The maximum Gasteiger partial charge on any atom is 0.271 e. The Morgan fingerprint density at radius 1 is 1.14 bits per heavy atom. The average Bonchev–Trinajstić information content (AvgIpc) is 3.04. The normalized spacial score (nSPS) is 14.6. The first-order chi connectivity index (χ1) is 10.4. The number of hydrazone groups is 1. The lowest BCUT2D eigenvalue weighted by Gasteiger charge is -1.99. The molecule has 1 aliphatic rings. The largest absolute Gasteiger partial charge is 0.271 e. The second-order valence-corrected chi connectivity index (χ2v) is 7.16. The summed E-state index contributed by atoms with van der Waals surface area (Å²) in [5.41, 5.74) is 3.18. The van der Waals surface area contributed by atoms with E-state index in [0.29, 0.717) is 5.56 Å². The van der Waals surface area contributed by atoms with E-state index in [1.165, 1.54) is 22.2 Å². The first kappa shape index (κ1) is 16.2. The second-order valence-electron chi connectivity index (χ2n) is 4.62. The number of rotatable bonds is 7.